The third kappa shape index (κ3) is 19.2. The highest BCUT2D eigenvalue weighted by atomic mass is 16.8. The molecule has 0 spiro atoms. The van der Waals surface area contributed by atoms with Gasteiger partial charge < -0.3 is 89.9 Å². The van der Waals surface area contributed by atoms with E-state index in [0.717, 1.165) is 32.1 Å². The van der Waals surface area contributed by atoms with Crippen LogP contribution in [0.4, 0.5) is 0 Å². The molecule has 0 aromatic carbocycles. The van der Waals surface area contributed by atoms with Crippen molar-refractivity contribution in [3.05, 3.63) is 0 Å². The summed E-state index contributed by atoms with van der Waals surface area (Å²) < 4.78 is 33.9. The summed E-state index contributed by atoms with van der Waals surface area (Å²) in [6.07, 6.45) is -2.36. The molecule has 3 heterocycles. The molecule has 384 valence electrons. The van der Waals surface area contributed by atoms with Crippen LogP contribution in [-0.2, 0) is 33.2 Å². The van der Waals surface area contributed by atoms with E-state index in [4.69, 9.17) is 28.4 Å². The van der Waals surface area contributed by atoms with Gasteiger partial charge in [-0.3, -0.25) is 4.79 Å². The van der Waals surface area contributed by atoms with Gasteiger partial charge in [0.25, 0.3) is 0 Å². The number of ether oxygens (including phenoxy) is 6. The molecule has 65 heavy (non-hydrogen) atoms. The largest absolute Gasteiger partial charge is 0.394 e. The Balaban J connectivity index is 1.45. The molecule has 3 aliphatic rings. The van der Waals surface area contributed by atoms with Gasteiger partial charge in [-0.15, -0.1) is 0 Å². The lowest BCUT2D eigenvalue weighted by Gasteiger charge is -2.48. The minimum atomic E-state index is -1.96. The SMILES string of the molecule is CCCCCCCCCCCCCCCCCCCC(=O)NC(COC1OC(CO)C(OC2OC(CO)C(OC3OC(CO)C(O)C(O)C3O)C(O)C2O)C(O)C1O)C(O)CCCCC. The molecule has 0 aliphatic carbocycles. The van der Waals surface area contributed by atoms with Crippen LogP contribution in [-0.4, -0.2) is 193 Å². The van der Waals surface area contributed by atoms with Gasteiger partial charge in [0.1, 0.15) is 73.2 Å². The molecule has 0 bridgehead atoms. The molecule has 0 radical (unpaired) electrons. The molecule has 1 amide bonds. The maximum absolute atomic E-state index is 13.1. The lowest BCUT2D eigenvalue weighted by Crippen LogP contribution is -2.66. The van der Waals surface area contributed by atoms with E-state index in [2.05, 4.69) is 12.2 Å². The Morgan fingerprint density at radius 2 is 0.877 bits per heavy atom. The number of carbonyl (C=O) groups is 1. The van der Waals surface area contributed by atoms with E-state index in [1.165, 1.54) is 83.5 Å². The van der Waals surface area contributed by atoms with Crippen molar-refractivity contribution in [2.24, 2.45) is 0 Å². The molecule has 17 atom stereocenters. The first-order valence-electron chi connectivity index (χ1n) is 24.8. The summed E-state index contributed by atoms with van der Waals surface area (Å²) in [6.45, 7) is 1.58. The second kappa shape index (κ2) is 32.6. The van der Waals surface area contributed by atoms with Crippen molar-refractivity contribution in [1.29, 1.82) is 0 Å². The van der Waals surface area contributed by atoms with Crippen LogP contribution in [0.3, 0.4) is 0 Å². The number of nitrogens with one attached hydrogen (secondary N) is 1. The smallest absolute Gasteiger partial charge is 0.220 e. The van der Waals surface area contributed by atoms with Crippen molar-refractivity contribution in [1.82, 2.24) is 5.32 Å². The summed E-state index contributed by atoms with van der Waals surface area (Å²) in [4.78, 5) is 13.1. The van der Waals surface area contributed by atoms with Crippen LogP contribution in [0.2, 0.25) is 0 Å². The summed E-state index contributed by atoms with van der Waals surface area (Å²) in [5, 5.41) is 119. The molecule has 3 fully saturated rings. The van der Waals surface area contributed by atoms with Crippen LogP contribution in [0.5, 0.6) is 0 Å². The first-order chi connectivity index (χ1) is 31.3. The highest BCUT2D eigenvalue weighted by Crippen LogP contribution is 2.33. The van der Waals surface area contributed by atoms with E-state index >= 15 is 0 Å². The van der Waals surface area contributed by atoms with Crippen LogP contribution < -0.4 is 5.32 Å². The molecule has 0 aromatic rings. The number of rotatable bonds is 34. The minimum Gasteiger partial charge on any atom is -0.394 e. The third-order valence-electron chi connectivity index (χ3n) is 12.9. The number of hydrogen-bond donors (Lipinski definition) is 12. The standard InChI is InChI=1S/C46H87NO18/c1-3-5-7-8-9-10-11-12-13-14-15-16-17-18-19-20-22-24-34(52)47-29(30(51)23-21-6-4-2)28-60-44-40(58)37(55)42(32(26-49)62-44)65-46-41(59)38(56)43(33(27-50)63-46)64-45-39(57)36(54)35(53)31(25-48)61-45/h29-33,35-46,48-51,53-59H,3-28H2,1-2H3,(H,47,52). The van der Waals surface area contributed by atoms with E-state index in [9.17, 15) is 61.0 Å². The number of aliphatic hydroxyl groups excluding tert-OH is 11. The van der Waals surface area contributed by atoms with Gasteiger partial charge >= 0.3 is 0 Å². The normalized spacial score (nSPS) is 34.1. The number of hydrogen-bond acceptors (Lipinski definition) is 18. The molecule has 0 saturated carbocycles. The Morgan fingerprint density at radius 3 is 1.34 bits per heavy atom. The van der Waals surface area contributed by atoms with E-state index < -0.39 is 124 Å². The van der Waals surface area contributed by atoms with Crippen LogP contribution in [0, 0.1) is 0 Å². The fraction of sp³-hybridized carbons (Fsp3) is 0.978. The quantitative estimate of drug-likeness (QED) is 0.0399. The Labute approximate surface area is 385 Å². The van der Waals surface area contributed by atoms with Crippen LogP contribution in [0.1, 0.15) is 155 Å². The van der Waals surface area contributed by atoms with Crippen LogP contribution in [0.15, 0.2) is 0 Å². The summed E-state index contributed by atoms with van der Waals surface area (Å²) in [5.74, 6) is -0.254. The predicted molar refractivity (Wildman–Crippen MR) is 236 cm³/mol. The number of unbranched alkanes of at least 4 members (excludes halogenated alkanes) is 18. The van der Waals surface area contributed by atoms with Crippen molar-refractivity contribution >= 4 is 5.91 Å². The minimum absolute atomic E-state index is 0.254. The average Bonchev–Trinajstić information content (AvgIpc) is 3.30. The van der Waals surface area contributed by atoms with E-state index in [0.29, 0.717) is 19.3 Å². The monoisotopic (exact) mass is 942 g/mol. The number of carbonyl (C=O) groups excluding carboxylic acids is 1. The Bertz CT molecular complexity index is 1220. The number of aliphatic hydroxyl groups is 11. The molecule has 3 rings (SSSR count). The Hall–Kier alpha value is -1.21. The highest BCUT2D eigenvalue weighted by Gasteiger charge is 2.53. The zero-order chi connectivity index (χ0) is 47.7. The van der Waals surface area contributed by atoms with Crippen molar-refractivity contribution in [2.45, 2.75) is 259 Å². The van der Waals surface area contributed by atoms with Gasteiger partial charge in [-0.05, 0) is 12.8 Å². The molecule has 0 aromatic heterocycles. The Morgan fingerprint density at radius 1 is 0.492 bits per heavy atom. The lowest BCUT2D eigenvalue weighted by atomic mass is 9.96. The van der Waals surface area contributed by atoms with Crippen molar-refractivity contribution in [3.63, 3.8) is 0 Å². The van der Waals surface area contributed by atoms with Gasteiger partial charge in [-0.2, -0.15) is 0 Å². The summed E-state index contributed by atoms with van der Waals surface area (Å²) in [5.41, 5.74) is 0. The molecule has 17 unspecified atom stereocenters. The first kappa shape index (κ1) is 58.1. The van der Waals surface area contributed by atoms with Gasteiger partial charge in [0, 0.05) is 6.42 Å². The molecule has 19 heteroatoms. The van der Waals surface area contributed by atoms with Gasteiger partial charge in [0.05, 0.1) is 38.6 Å². The zero-order valence-electron chi connectivity index (χ0n) is 39.0. The van der Waals surface area contributed by atoms with Gasteiger partial charge in [-0.25, -0.2) is 0 Å². The molecule has 3 saturated heterocycles. The van der Waals surface area contributed by atoms with Crippen LogP contribution >= 0.6 is 0 Å². The molecule has 3 aliphatic heterocycles. The third-order valence-corrected chi connectivity index (χ3v) is 12.9. The van der Waals surface area contributed by atoms with Gasteiger partial charge in [0.2, 0.25) is 5.91 Å². The van der Waals surface area contributed by atoms with Gasteiger partial charge in [0.15, 0.2) is 18.9 Å². The topological polar surface area (TPSA) is 307 Å². The van der Waals surface area contributed by atoms with E-state index in [1.807, 2.05) is 6.92 Å². The van der Waals surface area contributed by atoms with E-state index in [1.54, 1.807) is 0 Å². The fourth-order valence-corrected chi connectivity index (χ4v) is 8.72. The molecular formula is C46H87NO18. The fourth-order valence-electron chi connectivity index (χ4n) is 8.72. The second-order valence-electron chi connectivity index (χ2n) is 18.3. The summed E-state index contributed by atoms with van der Waals surface area (Å²) >= 11 is 0. The van der Waals surface area contributed by atoms with Crippen molar-refractivity contribution in [2.75, 3.05) is 26.4 Å². The number of amides is 1. The Kier molecular flexibility index (Phi) is 29.1. The maximum Gasteiger partial charge on any atom is 0.220 e. The second-order valence-corrected chi connectivity index (χ2v) is 18.3. The predicted octanol–water partition coefficient (Wildman–Crippen LogP) is 0.919. The van der Waals surface area contributed by atoms with Crippen molar-refractivity contribution in [3.8, 4) is 0 Å². The van der Waals surface area contributed by atoms with Crippen LogP contribution in [0.25, 0.3) is 0 Å². The van der Waals surface area contributed by atoms with Gasteiger partial charge in [-0.1, -0.05) is 136 Å². The van der Waals surface area contributed by atoms with Crippen molar-refractivity contribution < 1.29 is 89.4 Å². The molecule has 12 N–H and O–H groups in total. The average molecular weight is 942 g/mol. The molecular weight excluding hydrogens is 854 g/mol. The summed E-state index contributed by atoms with van der Waals surface area (Å²) in [6, 6.07) is -0.875. The van der Waals surface area contributed by atoms with E-state index in [-0.39, 0.29) is 18.9 Å². The lowest BCUT2D eigenvalue weighted by molar-refractivity contribution is -0.379. The molecule has 19 nitrogen and oxygen atoms in total. The maximum atomic E-state index is 13.1. The zero-order valence-corrected chi connectivity index (χ0v) is 39.0. The summed E-state index contributed by atoms with van der Waals surface area (Å²) in [7, 11) is 0. The highest BCUT2D eigenvalue weighted by molar-refractivity contribution is 5.76. The first-order valence-corrected chi connectivity index (χ1v) is 24.8.